The predicted octanol–water partition coefficient (Wildman–Crippen LogP) is 2.48. The molecule has 2 rings (SSSR count). The van der Waals surface area contributed by atoms with Crippen LogP contribution < -0.4 is 5.73 Å². The van der Waals surface area contributed by atoms with Crippen molar-refractivity contribution in [3.63, 3.8) is 0 Å². The van der Waals surface area contributed by atoms with E-state index >= 15 is 0 Å². The van der Waals surface area contributed by atoms with E-state index in [-0.39, 0.29) is 0 Å². The first-order chi connectivity index (χ1) is 6.58. The summed E-state index contributed by atoms with van der Waals surface area (Å²) in [5.74, 6) is 0. The molecule has 1 aromatic carbocycles. The van der Waals surface area contributed by atoms with E-state index in [1.54, 1.807) is 12.1 Å². The molecule has 0 radical (unpaired) electrons. The molecule has 0 aliphatic heterocycles. The molecular weight excluding hydrogens is 198 g/mol. The minimum Gasteiger partial charge on any atom is -0.397 e. The highest BCUT2D eigenvalue weighted by Gasteiger charge is 2.05. The lowest BCUT2D eigenvalue weighted by molar-refractivity contribution is 1.10. The van der Waals surface area contributed by atoms with Crippen molar-refractivity contribution < 1.29 is 0 Å². The van der Waals surface area contributed by atoms with Crippen LogP contribution in [0.15, 0.2) is 12.1 Å². The van der Waals surface area contributed by atoms with E-state index in [1.807, 2.05) is 13.8 Å². The van der Waals surface area contributed by atoms with Crippen LogP contribution in [0.1, 0.15) is 11.4 Å². The topological polar surface area (TPSA) is 51.8 Å². The van der Waals surface area contributed by atoms with Crippen molar-refractivity contribution >= 4 is 28.3 Å². The number of nitrogens with two attached hydrogens (primary N) is 1. The fourth-order valence-corrected chi connectivity index (χ4v) is 1.54. The van der Waals surface area contributed by atoms with Gasteiger partial charge in [0.2, 0.25) is 0 Å². The van der Waals surface area contributed by atoms with Crippen LogP contribution in [-0.2, 0) is 0 Å². The first-order valence-electron chi connectivity index (χ1n) is 4.28. The molecule has 0 fully saturated rings. The Hall–Kier alpha value is -1.35. The van der Waals surface area contributed by atoms with Gasteiger partial charge in [-0.2, -0.15) is 0 Å². The fraction of sp³-hybridized carbons (Fsp3) is 0.200. The monoisotopic (exact) mass is 207 g/mol. The molecule has 4 heteroatoms. The van der Waals surface area contributed by atoms with Gasteiger partial charge >= 0.3 is 0 Å². The number of hydrogen-bond donors (Lipinski definition) is 1. The van der Waals surface area contributed by atoms with Crippen molar-refractivity contribution in [3.05, 3.63) is 28.5 Å². The van der Waals surface area contributed by atoms with Gasteiger partial charge in [-0.3, -0.25) is 0 Å². The second-order valence-electron chi connectivity index (χ2n) is 3.26. The van der Waals surface area contributed by atoms with Crippen LogP contribution in [0.25, 0.3) is 11.0 Å². The number of anilines is 1. The lowest BCUT2D eigenvalue weighted by atomic mass is 10.2. The Labute approximate surface area is 86.9 Å². The van der Waals surface area contributed by atoms with E-state index in [1.165, 1.54) is 0 Å². The SMILES string of the molecule is Cc1nc2cc(Cl)cc(N)c2nc1C. The third kappa shape index (κ3) is 1.40. The van der Waals surface area contributed by atoms with Gasteiger partial charge in [0.25, 0.3) is 0 Å². The summed E-state index contributed by atoms with van der Waals surface area (Å²) in [6, 6.07) is 3.46. The first-order valence-corrected chi connectivity index (χ1v) is 4.65. The van der Waals surface area contributed by atoms with Crippen LogP contribution in [0.2, 0.25) is 5.02 Å². The number of rotatable bonds is 0. The fourth-order valence-electron chi connectivity index (χ4n) is 1.32. The number of aromatic nitrogens is 2. The van der Waals surface area contributed by atoms with Crippen molar-refractivity contribution in [2.75, 3.05) is 5.73 Å². The minimum absolute atomic E-state index is 0.572. The second-order valence-corrected chi connectivity index (χ2v) is 3.69. The van der Waals surface area contributed by atoms with Gasteiger partial charge in [-0.15, -0.1) is 0 Å². The van der Waals surface area contributed by atoms with E-state index in [0.29, 0.717) is 10.7 Å². The van der Waals surface area contributed by atoms with Gasteiger partial charge in [-0.05, 0) is 26.0 Å². The Balaban J connectivity index is 2.89. The van der Waals surface area contributed by atoms with E-state index in [0.717, 1.165) is 22.4 Å². The highest BCUT2D eigenvalue weighted by Crippen LogP contribution is 2.23. The maximum Gasteiger partial charge on any atom is 0.112 e. The number of nitrogens with zero attached hydrogens (tertiary/aromatic N) is 2. The quantitative estimate of drug-likeness (QED) is 0.676. The average molecular weight is 208 g/mol. The molecule has 0 amide bonds. The van der Waals surface area contributed by atoms with Gasteiger partial charge in [0, 0.05) is 5.02 Å². The second kappa shape index (κ2) is 3.10. The molecule has 0 aliphatic carbocycles. The van der Waals surface area contributed by atoms with E-state index in [4.69, 9.17) is 17.3 Å². The number of fused-ring (bicyclic) bond motifs is 1. The van der Waals surface area contributed by atoms with Crippen molar-refractivity contribution in [1.29, 1.82) is 0 Å². The molecule has 2 aromatic rings. The van der Waals surface area contributed by atoms with Crippen molar-refractivity contribution in [3.8, 4) is 0 Å². The van der Waals surface area contributed by atoms with Crippen LogP contribution >= 0.6 is 11.6 Å². The Morgan fingerprint density at radius 3 is 2.50 bits per heavy atom. The van der Waals surface area contributed by atoms with Crippen molar-refractivity contribution in [2.45, 2.75) is 13.8 Å². The van der Waals surface area contributed by atoms with Crippen molar-refractivity contribution in [2.24, 2.45) is 0 Å². The summed E-state index contributed by atoms with van der Waals surface area (Å²) in [6.07, 6.45) is 0. The molecule has 1 heterocycles. The van der Waals surface area contributed by atoms with Gasteiger partial charge < -0.3 is 5.73 Å². The molecule has 2 N–H and O–H groups in total. The summed E-state index contributed by atoms with van der Waals surface area (Å²) in [4.78, 5) is 8.74. The summed E-state index contributed by atoms with van der Waals surface area (Å²) in [7, 11) is 0. The zero-order valence-corrected chi connectivity index (χ0v) is 8.76. The van der Waals surface area contributed by atoms with Crippen molar-refractivity contribution in [1.82, 2.24) is 9.97 Å². The zero-order chi connectivity index (χ0) is 10.3. The van der Waals surface area contributed by atoms with Gasteiger partial charge in [0.1, 0.15) is 5.52 Å². The summed E-state index contributed by atoms with van der Waals surface area (Å²) < 4.78 is 0. The highest BCUT2D eigenvalue weighted by atomic mass is 35.5. The van der Waals surface area contributed by atoms with Gasteiger partial charge in [0.15, 0.2) is 0 Å². The van der Waals surface area contributed by atoms with E-state index in [2.05, 4.69) is 9.97 Å². The Morgan fingerprint density at radius 1 is 1.14 bits per heavy atom. The van der Waals surface area contributed by atoms with Crippen LogP contribution in [0.5, 0.6) is 0 Å². The summed E-state index contributed by atoms with van der Waals surface area (Å²) >= 11 is 5.87. The van der Waals surface area contributed by atoms with Gasteiger partial charge in [0.05, 0.1) is 22.6 Å². The Bertz CT molecular complexity index is 508. The molecule has 0 spiro atoms. The van der Waals surface area contributed by atoms with E-state index < -0.39 is 0 Å². The molecule has 0 bridgehead atoms. The number of nitrogen functional groups attached to an aromatic ring is 1. The zero-order valence-electron chi connectivity index (χ0n) is 8.00. The molecule has 0 atom stereocenters. The van der Waals surface area contributed by atoms with Crippen LogP contribution in [0.3, 0.4) is 0 Å². The molecule has 0 saturated heterocycles. The summed E-state index contributed by atoms with van der Waals surface area (Å²) in [6.45, 7) is 3.83. The minimum atomic E-state index is 0.572. The number of halogens is 1. The van der Waals surface area contributed by atoms with Gasteiger partial charge in [-0.1, -0.05) is 11.6 Å². The number of hydrogen-bond acceptors (Lipinski definition) is 3. The van der Waals surface area contributed by atoms with Crippen LogP contribution in [-0.4, -0.2) is 9.97 Å². The normalized spacial score (nSPS) is 10.8. The van der Waals surface area contributed by atoms with Gasteiger partial charge in [-0.25, -0.2) is 9.97 Å². The third-order valence-corrected chi connectivity index (χ3v) is 2.39. The first kappa shape index (κ1) is 9.21. The molecular formula is C10H10ClN3. The predicted molar refractivity (Wildman–Crippen MR) is 58.4 cm³/mol. The lowest BCUT2D eigenvalue weighted by Gasteiger charge is -2.04. The molecule has 0 saturated carbocycles. The van der Waals surface area contributed by atoms with Crippen LogP contribution in [0, 0.1) is 13.8 Å². The average Bonchev–Trinajstić information content (AvgIpc) is 2.08. The van der Waals surface area contributed by atoms with Crippen LogP contribution in [0.4, 0.5) is 5.69 Å². The standard InChI is InChI=1S/C10H10ClN3/c1-5-6(2)14-10-8(12)3-7(11)4-9(10)13-5/h3-4H,12H2,1-2H3. The number of benzene rings is 1. The summed E-state index contributed by atoms with van der Waals surface area (Å²) in [5.41, 5.74) is 9.63. The third-order valence-electron chi connectivity index (χ3n) is 2.18. The van der Waals surface area contributed by atoms with E-state index in [9.17, 15) is 0 Å². The lowest BCUT2D eigenvalue weighted by Crippen LogP contribution is -1.97. The molecule has 3 nitrogen and oxygen atoms in total. The Kier molecular flexibility index (Phi) is 2.04. The maximum absolute atomic E-state index is 5.87. The Morgan fingerprint density at radius 2 is 1.79 bits per heavy atom. The summed E-state index contributed by atoms with van der Waals surface area (Å²) in [5, 5.41) is 0.590. The molecule has 72 valence electrons. The highest BCUT2D eigenvalue weighted by molar-refractivity contribution is 6.31. The maximum atomic E-state index is 5.87. The number of aryl methyl sites for hydroxylation is 2. The smallest absolute Gasteiger partial charge is 0.112 e. The molecule has 14 heavy (non-hydrogen) atoms. The molecule has 0 aliphatic rings. The molecule has 0 unspecified atom stereocenters. The largest absolute Gasteiger partial charge is 0.397 e. The molecule has 1 aromatic heterocycles.